The van der Waals surface area contributed by atoms with E-state index in [1.807, 2.05) is 77.2 Å². The highest BCUT2D eigenvalue weighted by atomic mass is 33.1. The lowest BCUT2D eigenvalue weighted by molar-refractivity contribution is -0.127. The molecule has 2 bridgehead atoms. The van der Waals surface area contributed by atoms with Gasteiger partial charge in [-0.25, -0.2) is 0 Å². The number of aliphatic hydroxyl groups is 1. The number of carbonyl (C=O) groups excluding carboxylic acids is 1. The number of ether oxygens (including phenoxy) is 2. The maximum Gasteiger partial charge on any atom is 0.168 e. The summed E-state index contributed by atoms with van der Waals surface area (Å²) in [6, 6.07) is 20.9. The van der Waals surface area contributed by atoms with Crippen molar-refractivity contribution in [3.05, 3.63) is 89.0 Å². The Labute approximate surface area is 284 Å². The summed E-state index contributed by atoms with van der Waals surface area (Å²) in [6.07, 6.45) is 4.59. The van der Waals surface area contributed by atoms with Crippen molar-refractivity contribution in [1.82, 2.24) is 5.32 Å². The summed E-state index contributed by atoms with van der Waals surface area (Å²) in [5.74, 6) is 1.75. The van der Waals surface area contributed by atoms with Gasteiger partial charge in [-0.3, -0.25) is 10.1 Å². The average molecular weight is 674 g/mol. The maximum atomic E-state index is 13.8. The second-order valence-corrected chi connectivity index (χ2v) is 15.2. The van der Waals surface area contributed by atoms with Crippen molar-refractivity contribution in [3.8, 4) is 28.4 Å². The third-order valence-electron chi connectivity index (χ3n) is 9.58. The number of methoxy groups -OCH3 is 1. The molecule has 9 heteroatoms. The van der Waals surface area contributed by atoms with Crippen molar-refractivity contribution in [2.24, 2.45) is 5.92 Å². The summed E-state index contributed by atoms with van der Waals surface area (Å²) in [5.41, 5.74) is 5.47. The van der Waals surface area contributed by atoms with E-state index in [1.54, 1.807) is 19.2 Å². The number of ketones is 1. The Morgan fingerprint density at radius 1 is 0.979 bits per heavy atom. The largest absolute Gasteiger partial charge is 0.508 e. The summed E-state index contributed by atoms with van der Waals surface area (Å²) in [7, 11) is 7.17. The zero-order valence-electron chi connectivity index (χ0n) is 26.9. The molecule has 4 aromatic rings. The van der Waals surface area contributed by atoms with E-state index >= 15 is 0 Å². The Kier molecular flexibility index (Phi) is 11.0. The van der Waals surface area contributed by atoms with Crippen molar-refractivity contribution in [3.63, 3.8) is 0 Å². The SMILES string of the molecule is CN[C@H](O[C@@H]1CC(=O)CCc2ccc(O)c(OC)c2-c2ccc3ccc(O)cc3c2CSSC2CCC1CC2)c1cccc(CO)c1. The molecule has 1 aliphatic carbocycles. The molecule has 3 aliphatic rings. The summed E-state index contributed by atoms with van der Waals surface area (Å²) in [5, 5.41) is 36.8. The fraction of sp³-hybridized carbons (Fsp3) is 0.395. The molecule has 4 N–H and O–H groups in total. The van der Waals surface area contributed by atoms with Crippen LogP contribution in [0.3, 0.4) is 0 Å². The van der Waals surface area contributed by atoms with E-state index in [9.17, 15) is 20.1 Å². The van der Waals surface area contributed by atoms with Crippen molar-refractivity contribution >= 4 is 38.1 Å². The van der Waals surface area contributed by atoms with Crippen molar-refractivity contribution in [2.45, 2.75) is 74.9 Å². The van der Waals surface area contributed by atoms with Gasteiger partial charge >= 0.3 is 0 Å². The molecule has 7 nitrogen and oxygen atoms in total. The zero-order valence-corrected chi connectivity index (χ0v) is 28.5. The van der Waals surface area contributed by atoms with Gasteiger partial charge in [-0.2, -0.15) is 0 Å². The van der Waals surface area contributed by atoms with Crippen LogP contribution in [-0.4, -0.2) is 46.6 Å². The third-order valence-corrected chi connectivity index (χ3v) is 12.4. The predicted molar refractivity (Wildman–Crippen MR) is 191 cm³/mol. The van der Waals surface area contributed by atoms with Crippen LogP contribution in [0.5, 0.6) is 17.2 Å². The van der Waals surface area contributed by atoms with Crippen LogP contribution in [0, 0.1) is 5.92 Å². The number of nitrogens with one attached hydrogen (secondary N) is 1. The standard InChI is InChI=1S/C38H43NO6S2/c1-39-38(27-5-3-4-23(18-27)21-40)45-35-20-29(42)13-7-26-11-17-34(43)37(44-2)36(26)31-16-10-24-6-12-28(41)19-32(24)33(31)22-46-47-30-14-8-25(35)9-15-30/h3-6,10-12,16-19,25,30,35,38-41,43H,7-9,13-15,20-22H2,1-2H3/t25?,30?,35-,38-/m1/s1. The van der Waals surface area contributed by atoms with Gasteiger partial charge in [-0.05, 0) is 108 Å². The van der Waals surface area contributed by atoms with Gasteiger partial charge in [0, 0.05) is 29.4 Å². The molecule has 0 unspecified atom stereocenters. The molecule has 0 amide bonds. The first kappa shape index (κ1) is 33.7. The molecule has 1 fully saturated rings. The number of carbonyl (C=O) groups is 1. The number of phenols is 2. The van der Waals surface area contributed by atoms with Crippen molar-refractivity contribution in [2.75, 3.05) is 14.2 Å². The lowest BCUT2D eigenvalue weighted by Gasteiger charge is -2.35. The second kappa shape index (κ2) is 15.3. The fourth-order valence-electron chi connectivity index (χ4n) is 7.10. The molecular formula is C38H43NO6S2. The minimum Gasteiger partial charge on any atom is -0.508 e. The number of Topliss-reactive ketones (excluding diaryl/α,β-unsaturated/α-hetero) is 1. The molecule has 2 heterocycles. The smallest absolute Gasteiger partial charge is 0.168 e. The second-order valence-electron chi connectivity index (χ2n) is 12.5. The summed E-state index contributed by atoms with van der Waals surface area (Å²) in [6.45, 7) is -0.0426. The predicted octanol–water partition coefficient (Wildman–Crippen LogP) is 8.07. The molecule has 1 saturated carbocycles. The van der Waals surface area contributed by atoms with Gasteiger partial charge < -0.3 is 24.8 Å². The number of fused-ring (bicyclic) bond motifs is 9. The maximum absolute atomic E-state index is 13.8. The lowest BCUT2D eigenvalue weighted by atomic mass is 9.82. The van der Waals surface area contributed by atoms with E-state index in [1.165, 1.54) is 0 Å². The first-order valence-electron chi connectivity index (χ1n) is 16.3. The van der Waals surface area contributed by atoms with Crippen LogP contribution < -0.4 is 10.1 Å². The molecule has 0 spiro atoms. The molecule has 7 rings (SSSR count). The number of hydrogen-bond acceptors (Lipinski definition) is 9. The van der Waals surface area contributed by atoms with Crippen LogP contribution >= 0.6 is 21.6 Å². The van der Waals surface area contributed by atoms with Gasteiger partial charge in [0.1, 0.15) is 17.8 Å². The Bertz CT molecular complexity index is 1720. The van der Waals surface area contributed by atoms with Crippen LogP contribution in [0.4, 0.5) is 0 Å². The number of phenolic OH excluding ortho intramolecular Hbond substituents is 2. The van der Waals surface area contributed by atoms with Gasteiger partial charge in [0.15, 0.2) is 11.5 Å². The van der Waals surface area contributed by atoms with E-state index < -0.39 is 6.23 Å². The van der Waals surface area contributed by atoms with Gasteiger partial charge in [0.25, 0.3) is 0 Å². The van der Waals surface area contributed by atoms with Crippen LogP contribution in [0.1, 0.15) is 67.0 Å². The topological polar surface area (TPSA) is 108 Å². The average Bonchev–Trinajstić information content (AvgIpc) is 3.09. The van der Waals surface area contributed by atoms with Crippen LogP contribution in [0.15, 0.2) is 66.7 Å². The third kappa shape index (κ3) is 7.60. The molecular weight excluding hydrogens is 631 g/mol. The minimum atomic E-state index is -0.397. The summed E-state index contributed by atoms with van der Waals surface area (Å²) >= 11 is 0. The van der Waals surface area contributed by atoms with E-state index in [-0.39, 0.29) is 35.9 Å². The van der Waals surface area contributed by atoms with Crippen molar-refractivity contribution < 1.29 is 29.6 Å². The highest BCUT2D eigenvalue weighted by molar-refractivity contribution is 8.76. The van der Waals surface area contributed by atoms with Crippen LogP contribution in [0.25, 0.3) is 21.9 Å². The lowest BCUT2D eigenvalue weighted by Crippen LogP contribution is -2.35. The van der Waals surface area contributed by atoms with E-state index in [0.29, 0.717) is 36.0 Å². The number of aliphatic hydroxyl groups excluding tert-OH is 1. The Hall–Kier alpha value is -3.21. The van der Waals surface area contributed by atoms with Crippen molar-refractivity contribution in [1.29, 1.82) is 0 Å². The summed E-state index contributed by atoms with van der Waals surface area (Å²) in [4.78, 5) is 13.8. The monoisotopic (exact) mass is 673 g/mol. The molecule has 248 valence electrons. The first-order valence-corrected chi connectivity index (χ1v) is 18.7. The zero-order chi connectivity index (χ0) is 32.9. The fourth-order valence-corrected chi connectivity index (χ4v) is 9.96. The van der Waals surface area contributed by atoms with Gasteiger partial charge in [-0.15, -0.1) is 0 Å². The van der Waals surface area contributed by atoms with Gasteiger partial charge in [0.2, 0.25) is 0 Å². The number of benzene rings is 4. The highest BCUT2D eigenvalue weighted by Crippen LogP contribution is 2.47. The van der Waals surface area contributed by atoms with Gasteiger partial charge in [-0.1, -0.05) is 64.1 Å². The van der Waals surface area contributed by atoms with E-state index in [2.05, 4.69) is 11.4 Å². The number of rotatable bonds is 6. The Morgan fingerprint density at radius 2 is 1.79 bits per heavy atom. The quantitative estimate of drug-likeness (QED) is 0.119. The van der Waals surface area contributed by atoms with Crippen LogP contribution in [-0.2, 0) is 28.3 Å². The molecule has 0 radical (unpaired) electrons. The number of hydrogen-bond donors (Lipinski definition) is 4. The minimum absolute atomic E-state index is 0.0426. The first-order chi connectivity index (χ1) is 22.9. The molecule has 0 saturated heterocycles. The highest BCUT2D eigenvalue weighted by Gasteiger charge is 2.33. The Morgan fingerprint density at radius 3 is 2.55 bits per heavy atom. The Balaban J connectivity index is 1.36. The number of aryl methyl sites for hydroxylation is 1. The molecule has 4 aromatic carbocycles. The molecule has 47 heavy (non-hydrogen) atoms. The van der Waals surface area contributed by atoms with E-state index in [4.69, 9.17) is 9.47 Å². The van der Waals surface area contributed by atoms with E-state index in [0.717, 1.165) is 69.8 Å². The normalized spacial score (nSPS) is 21.3. The molecule has 2 atom stereocenters. The molecule has 2 aliphatic heterocycles. The molecule has 0 aromatic heterocycles. The number of aromatic hydroxyl groups is 2. The van der Waals surface area contributed by atoms with Gasteiger partial charge in [0.05, 0.1) is 19.8 Å². The summed E-state index contributed by atoms with van der Waals surface area (Å²) < 4.78 is 12.6. The van der Waals surface area contributed by atoms with Crippen LogP contribution in [0.2, 0.25) is 0 Å².